The van der Waals surface area contributed by atoms with Crippen LogP contribution in [0.1, 0.15) is 57.2 Å². The summed E-state index contributed by atoms with van der Waals surface area (Å²) < 4.78 is 0. The van der Waals surface area contributed by atoms with E-state index in [4.69, 9.17) is 5.73 Å². The maximum Gasteiger partial charge on any atom is 0.225 e. The molecular formula is C16H24N2O. The highest BCUT2D eigenvalue weighted by Crippen LogP contribution is 2.34. The van der Waals surface area contributed by atoms with E-state index in [1.54, 1.807) is 0 Å². The molecule has 1 aromatic rings. The number of hydrogen-bond donors (Lipinski definition) is 1. The Balaban J connectivity index is 2.30. The largest absolute Gasteiger partial charge is 0.332 e. The normalized spacial score (nSPS) is 23.7. The van der Waals surface area contributed by atoms with Crippen molar-refractivity contribution in [2.45, 2.75) is 58.2 Å². The van der Waals surface area contributed by atoms with Crippen LogP contribution in [0.2, 0.25) is 0 Å². The Kier molecular flexibility index (Phi) is 3.95. The Morgan fingerprint density at radius 2 is 1.74 bits per heavy atom. The number of likely N-dealkylation sites (tertiary alicyclic amines) is 1. The maximum absolute atomic E-state index is 12.0. The molecule has 3 heteroatoms. The van der Waals surface area contributed by atoms with Crippen molar-refractivity contribution in [1.82, 2.24) is 4.90 Å². The lowest BCUT2D eigenvalue weighted by atomic mass is 9.96. The topological polar surface area (TPSA) is 46.3 Å². The van der Waals surface area contributed by atoms with Crippen LogP contribution in [0.5, 0.6) is 0 Å². The average molecular weight is 260 g/mol. The van der Waals surface area contributed by atoms with Gasteiger partial charge in [0, 0.05) is 18.5 Å². The molecule has 1 aromatic carbocycles. The van der Waals surface area contributed by atoms with Crippen LogP contribution in [0.3, 0.4) is 0 Å². The summed E-state index contributed by atoms with van der Waals surface area (Å²) in [6, 6.07) is 8.65. The van der Waals surface area contributed by atoms with Crippen molar-refractivity contribution in [2.24, 2.45) is 5.73 Å². The molecule has 2 rings (SSSR count). The molecule has 1 fully saturated rings. The molecule has 2 unspecified atom stereocenters. The molecule has 1 aliphatic rings. The summed E-state index contributed by atoms with van der Waals surface area (Å²) >= 11 is 0. The number of carbonyl (C=O) groups excluding carboxylic acids is 1. The van der Waals surface area contributed by atoms with E-state index in [0.29, 0.717) is 12.3 Å². The summed E-state index contributed by atoms with van der Waals surface area (Å²) in [5, 5.41) is 0. The van der Waals surface area contributed by atoms with E-state index in [-0.39, 0.29) is 24.0 Å². The molecule has 1 saturated heterocycles. The van der Waals surface area contributed by atoms with E-state index in [9.17, 15) is 4.79 Å². The molecule has 0 bridgehead atoms. The monoisotopic (exact) mass is 260 g/mol. The fourth-order valence-corrected chi connectivity index (χ4v) is 2.88. The Morgan fingerprint density at radius 3 is 2.21 bits per heavy atom. The Morgan fingerprint density at radius 1 is 1.16 bits per heavy atom. The average Bonchev–Trinajstić information content (AvgIpc) is 2.64. The predicted molar refractivity (Wildman–Crippen MR) is 77.8 cm³/mol. The van der Waals surface area contributed by atoms with Gasteiger partial charge < -0.3 is 10.6 Å². The molecule has 3 nitrogen and oxygen atoms in total. The first-order chi connectivity index (χ1) is 8.91. The van der Waals surface area contributed by atoms with E-state index < -0.39 is 0 Å². The zero-order valence-electron chi connectivity index (χ0n) is 12.3. The second kappa shape index (κ2) is 5.33. The van der Waals surface area contributed by atoms with Gasteiger partial charge in [-0.3, -0.25) is 4.79 Å². The lowest BCUT2D eigenvalue weighted by Gasteiger charge is -2.31. The van der Waals surface area contributed by atoms with Crippen LogP contribution in [0, 0.1) is 0 Å². The standard InChI is InChI=1S/C16H24N2O/c1-10(2)12-5-7-13(8-6-12)16-14(17)9-15(19)18(16)11(3)4/h5-8,10-11,14,16H,9,17H2,1-4H3. The summed E-state index contributed by atoms with van der Waals surface area (Å²) in [5.74, 6) is 0.689. The SMILES string of the molecule is CC(C)c1ccc(C2C(N)CC(=O)N2C(C)C)cc1. The van der Waals surface area contributed by atoms with E-state index in [2.05, 4.69) is 38.1 Å². The first-order valence-corrected chi connectivity index (χ1v) is 7.08. The van der Waals surface area contributed by atoms with Crippen molar-refractivity contribution in [3.05, 3.63) is 35.4 Å². The second-order valence-electron chi connectivity index (χ2n) is 6.03. The molecule has 2 atom stereocenters. The van der Waals surface area contributed by atoms with Crippen LogP contribution in [0.4, 0.5) is 0 Å². The molecule has 1 heterocycles. The molecular weight excluding hydrogens is 236 g/mol. The minimum atomic E-state index is -0.0974. The lowest BCUT2D eigenvalue weighted by molar-refractivity contribution is -0.130. The smallest absolute Gasteiger partial charge is 0.225 e. The van der Waals surface area contributed by atoms with Crippen molar-refractivity contribution in [3.63, 3.8) is 0 Å². The highest BCUT2D eigenvalue weighted by Gasteiger charge is 2.39. The van der Waals surface area contributed by atoms with Crippen LogP contribution < -0.4 is 5.73 Å². The van der Waals surface area contributed by atoms with Gasteiger partial charge >= 0.3 is 0 Å². The summed E-state index contributed by atoms with van der Waals surface area (Å²) in [5.41, 5.74) is 8.63. The zero-order valence-corrected chi connectivity index (χ0v) is 12.3. The van der Waals surface area contributed by atoms with Gasteiger partial charge in [0.2, 0.25) is 5.91 Å². The first-order valence-electron chi connectivity index (χ1n) is 7.08. The number of carbonyl (C=O) groups is 1. The summed E-state index contributed by atoms with van der Waals surface area (Å²) in [7, 11) is 0. The van der Waals surface area contributed by atoms with Gasteiger partial charge in [0.05, 0.1) is 6.04 Å². The third-order valence-electron chi connectivity index (χ3n) is 3.90. The van der Waals surface area contributed by atoms with Crippen molar-refractivity contribution in [3.8, 4) is 0 Å². The summed E-state index contributed by atoms with van der Waals surface area (Å²) in [6.07, 6.45) is 0.453. The van der Waals surface area contributed by atoms with Crippen LogP contribution in [0.25, 0.3) is 0 Å². The molecule has 19 heavy (non-hydrogen) atoms. The molecule has 2 N–H and O–H groups in total. The maximum atomic E-state index is 12.0. The highest BCUT2D eigenvalue weighted by molar-refractivity contribution is 5.80. The van der Waals surface area contributed by atoms with Gasteiger partial charge in [-0.2, -0.15) is 0 Å². The molecule has 0 radical (unpaired) electrons. The fourth-order valence-electron chi connectivity index (χ4n) is 2.88. The predicted octanol–water partition coefficient (Wildman–Crippen LogP) is 2.82. The van der Waals surface area contributed by atoms with Crippen molar-refractivity contribution < 1.29 is 4.79 Å². The zero-order chi connectivity index (χ0) is 14.2. The molecule has 1 amide bonds. The van der Waals surface area contributed by atoms with Crippen molar-refractivity contribution >= 4 is 5.91 Å². The molecule has 0 spiro atoms. The molecule has 0 saturated carbocycles. The highest BCUT2D eigenvalue weighted by atomic mass is 16.2. The summed E-state index contributed by atoms with van der Waals surface area (Å²) in [6.45, 7) is 8.46. The number of amides is 1. The Bertz CT molecular complexity index is 450. The minimum Gasteiger partial charge on any atom is -0.332 e. The Hall–Kier alpha value is -1.35. The van der Waals surface area contributed by atoms with Gasteiger partial charge in [-0.1, -0.05) is 38.1 Å². The van der Waals surface area contributed by atoms with Crippen LogP contribution >= 0.6 is 0 Å². The number of rotatable bonds is 3. The first kappa shape index (κ1) is 14.1. The van der Waals surface area contributed by atoms with Gasteiger partial charge in [0.1, 0.15) is 0 Å². The van der Waals surface area contributed by atoms with Gasteiger partial charge in [-0.25, -0.2) is 0 Å². The summed E-state index contributed by atoms with van der Waals surface area (Å²) in [4.78, 5) is 14.0. The molecule has 1 aliphatic heterocycles. The van der Waals surface area contributed by atoms with Crippen LogP contribution in [-0.4, -0.2) is 22.9 Å². The fraction of sp³-hybridized carbons (Fsp3) is 0.562. The molecule has 0 aromatic heterocycles. The van der Waals surface area contributed by atoms with E-state index in [1.165, 1.54) is 5.56 Å². The number of hydrogen-bond acceptors (Lipinski definition) is 2. The number of nitrogens with zero attached hydrogens (tertiary/aromatic N) is 1. The van der Waals surface area contributed by atoms with E-state index in [0.717, 1.165) is 5.56 Å². The molecule has 0 aliphatic carbocycles. The molecule has 104 valence electrons. The third-order valence-corrected chi connectivity index (χ3v) is 3.90. The third kappa shape index (κ3) is 2.66. The minimum absolute atomic E-state index is 0.0220. The number of benzene rings is 1. The van der Waals surface area contributed by atoms with Crippen LogP contribution in [0.15, 0.2) is 24.3 Å². The lowest BCUT2D eigenvalue weighted by Crippen LogP contribution is -2.37. The van der Waals surface area contributed by atoms with Gasteiger partial charge in [0.15, 0.2) is 0 Å². The van der Waals surface area contributed by atoms with Gasteiger partial charge in [-0.05, 0) is 30.9 Å². The van der Waals surface area contributed by atoms with Crippen LogP contribution in [-0.2, 0) is 4.79 Å². The second-order valence-corrected chi connectivity index (χ2v) is 6.03. The van der Waals surface area contributed by atoms with Gasteiger partial charge in [-0.15, -0.1) is 0 Å². The quantitative estimate of drug-likeness (QED) is 0.908. The van der Waals surface area contributed by atoms with E-state index >= 15 is 0 Å². The number of nitrogens with two attached hydrogens (primary N) is 1. The Labute approximate surface area is 115 Å². The van der Waals surface area contributed by atoms with E-state index in [1.807, 2.05) is 18.7 Å². The van der Waals surface area contributed by atoms with Gasteiger partial charge in [0.25, 0.3) is 0 Å². The van der Waals surface area contributed by atoms with Crippen molar-refractivity contribution in [1.29, 1.82) is 0 Å². The van der Waals surface area contributed by atoms with Crippen molar-refractivity contribution in [2.75, 3.05) is 0 Å².